The number of hydrogen-bond donors (Lipinski definition) is 0. The zero-order valence-electron chi connectivity index (χ0n) is 10.3. The smallest absolute Gasteiger partial charge is 0.257 e. The fourth-order valence-electron chi connectivity index (χ4n) is 2.43. The van der Waals surface area contributed by atoms with Gasteiger partial charge in [0, 0.05) is 18.8 Å². The number of aromatic nitrogens is 1. The van der Waals surface area contributed by atoms with Crippen LogP contribution in [0.1, 0.15) is 43.0 Å². The van der Waals surface area contributed by atoms with E-state index in [0.29, 0.717) is 6.54 Å². The van der Waals surface area contributed by atoms with Crippen LogP contribution >= 0.6 is 11.6 Å². The normalized spacial score (nSPS) is 19.9. The molecule has 1 saturated heterocycles. The molecule has 1 aliphatic rings. The molecule has 0 spiro atoms. The number of halogens is 2. The van der Waals surface area contributed by atoms with Crippen LogP contribution < -0.4 is 0 Å². The monoisotopic (exact) mass is 270 g/mol. The van der Waals surface area contributed by atoms with Gasteiger partial charge in [0.15, 0.2) is 11.0 Å². The summed E-state index contributed by atoms with van der Waals surface area (Å²) in [5.41, 5.74) is 0.0235. The first-order chi connectivity index (χ1) is 8.65. The number of hydrogen-bond acceptors (Lipinski definition) is 2. The number of amides is 1. The van der Waals surface area contributed by atoms with Gasteiger partial charge in [-0.2, -0.15) is 0 Å². The van der Waals surface area contributed by atoms with Gasteiger partial charge >= 0.3 is 0 Å². The molecule has 98 valence electrons. The molecular weight excluding hydrogens is 255 g/mol. The quantitative estimate of drug-likeness (QED) is 0.773. The maximum Gasteiger partial charge on any atom is 0.257 e. The molecule has 18 heavy (non-hydrogen) atoms. The van der Waals surface area contributed by atoms with E-state index < -0.39 is 5.82 Å². The Morgan fingerprint density at radius 3 is 3.11 bits per heavy atom. The summed E-state index contributed by atoms with van der Waals surface area (Å²) in [5.74, 6) is -0.993. The molecule has 1 unspecified atom stereocenters. The van der Waals surface area contributed by atoms with Gasteiger partial charge in [0.05, 0.1) is 5.56 Å². The molecule has 3 nitrogen and oxygen atoms in total. The van der Waals surface area contributed by atoms with E-state index in [1.54, 1.807) is 4.90 Å². The van der Waals surface area contributed by atoms with Crippen LogP contribution in [0.15, 0.2) is 12.3 Å². The third-order valence-corrected chi connectivity index (χ3v) is 3.70. The Morgan fingerprint density at radius 2 is 2.39 bits per heavy atom. The Kier molecular flexibility index (Phi) is 4.17. The first kappa shape index (κ1) is 13.3. The van der Waals surface area contributed by atoms with E-state index in [1.165, 1.54) is 12.3 Å². The van der Waals surface area contributed by atoms with Crippen LogP contribution in [-0.4, -0.2) is 28.4 Å². The van der Waals surface area contributed by atoms with Gasteiger partial charge in [0.25, 0.3) is 5.91 Å². The predicted octanol–water partition coefficient (Wildman–Crippen LogP) is 3.28. The van der Waals surface area contributed by atoms with Crippen LogP contribution in [0.2, 0.25) is 5.15 Å². The van der Waals surface area contributed by atoms with Gasteiger partial charge in [0.2, 0.25) is 0 Å². The fourth-order valence-corrected chi connectivity index (χ4v) is 2.59. The molecule has 1 aromatic heterocycles. The highest BCUT2D eigenvalue weighted by atomic mass is 35.5. The Labute approximate surface area is 111 Å². The summed E-state index contributed by atoms with van der Waals surface area (Å²) in [6.45, 7) is 2.74. The van der Waals surface area contributed by atoms with Crippen LogP contribution in [0.4, 0.5) is 4.39 Å². The van der Waals surface area contributed by atoms with Crippen molar-refractivity contribution >= 4 is 17.5 Å². The minimum atomic E-state index is -0.718. The zero-order chi connectivity index (χ0) is 13.1. The van der Waals surface area contributed by atoms with Crippen LogP contribution in [0, 0.1) is 5.82 Å². The molecule has 0 aromatic carbocycles. The van der Waals surface area contributed by atoms with E-state index in [0.717, 1.165) is 25.7 Å². The van der Waals surface area contributed by atoms with Crippen molar-refractivity contribution in [1.82, 2.24) is 9.88 Å². The average Bonchev–Trinajstić information content (AvgIpc) is 2.41. The van der Waals surface area contributed by atoms with E-state index in [2.05, 4.69) is 4.98 Å². The fraction of sp³-hybridized carbons (Fsp3) is 0.538. The van der Waals surface area contributed by atoms with Crippen LogP contribution in [-0.2, 0) is 0 Å². The molecule has 0 saturated carbocycles. The van der Waals surface area contributed by atoms with E-state index in [-0.39, 0.29) is 22.7 Å². The highest BCUT2D eigenvalue weighted by Gasteiger charge is 2.28. The van der Waals surface area contributed by atoms with Gasteiger partial charge in [-0.15, -0.1) is 0 Å². The standard InChI is InChI=1S/C13H16ClFN2O/c1-2-9-5-3-4-8-17(9)13(18)10-6-7-16-12(14)11(10)15/h6-7,9H,2-5,8H2,1H3. The van der Waals surface area contributed by atoms with Crippen molar-refractivity contribution in [2.45, 2.75) is 38.6 Å². The number of likely N-dealkylation sites (tertiary alicyclic amines) is 1. The van der Waals surface area contributed by atoms with Gasteiger partial charge in [-0.3, -0.25) is 4.79 Å². The lowest BCUT2D eigenvalue weighted by Gasteiger charge is -2.35. The first-order valence-electron chi connectivity index (χ1n) is 6.26. The van der Waals surface area contributed by atoms with Gasteiger partial charge in [-0.1, -0.05) is 18.5 Å². The third kappa shape index (κ3) is 2.48. The third-order valence-electron chi connectivity index (χ3n) is 3.44. The molecule has 1 aliphatic heterocycles. The Morgan fingerprint density at radius 1 is 1.61 bits per heavy atom. The summed E-state index contributed by atoms with van der Waals surface area (Å²) in [5, 5.41) is -0.245. The first-order valence-corrected chi connectivity index (χ1v) is 6.64. The zero-order valence-corrected chi connectivity index (χ0v) is 11.1. The second-order valence-electron chi connectivity index (χ2n) is 4.52. The number of pyridine rings is 1. The molecule has 1 amide bonds. The van der Waals surface area contributed by atoms with Gasteiger partial charge < -0.3 is 4.90 Å². The second-order valence-corrected chi connectivity index (χ2v) is 4.88. The maximum atomic E-state index is 13.8. The number of rotatable bonds is 2. The minimum Gasteiger partial charge on any atom is -0.336 e. The lowest BCUT2D eigenvalue weighted by molar-refractivity contribution is 0.0603. The summed E-state index contributed by atoms with van der Waals surface area (Å²) in [6, 6.07) is 1.60. The molecule has 0 radical (unpaired) electrons. The largest absolute Gasteiger partial charge is 0.336 e. The van der Waals surface area contributed by atoms with Crippen molar-refractivity contribution in [3.8, 4) is 0 Å². The van der Waals surface area contributed by atoms with Crippen LogP contribution in [0.25, 0.3) is 0 Å². The van der Waals surface area contributed by atoms with Gasteiger partial charge in [0.1, 0.15) is 0 Å². The maximum absolute atomic E-state index is 13.8. The Balaban J connectivity index is 2.27. The summed E-state index contributed by atoms with van der Waals surface area (Å²) in [7, 11) is 0. The molecule has 1 atom stereocenters. The molecule has 1 fully saturated rings. The molecule has 5 heteroatoms. The van der Waals surface area contributed by atoms with Crippen molar-refractivity contribution in [1.29, 1.82) is 0 Å². The highest BCUT2D eigenvalue weighted by Crippen LogP contribution is 2.24. The summed E-state index contributed by atoms with van der Waals surface area (Å²) in [6.07, 6.45) is 5.35. The number of carbonyl (C=O) groups is 1. The topological polar surface area (TPSA) is 33.2 Å². The number of carbonyl (C=O) groups excluding carboxylic acids is 1. The SMILES string of the molecule is CCC1CCCCN1C(=O)c1ccnc(Cl)c1F. The summed E-state index contributed by atoms with van der Waals surface area (Å²) >= 11 is 5.61. The predicted molar refractivity (Wildman–Crippen MR) is 68.2 cm³/mol. The number of piperidine rings is 1. The molecule has 1 aromatic rings. The molecular formula is C13H16ClFN2O. The van der Waals surface area contributed by atoms with Crippen molar-refractivity contribution in [3.05, 3.63) is 28.8 Å². The van der Waals surface area contributed by atoms with E-state index in [9.17, 15) is 9.18 Å². The van der Waals surface area contributed by atoms with Crippen molar-refractivity contribution < 1.29 is 9.18 Å². The Bertz CT molecular complexity index is 453. The summed E-state index contributed by atoms with van der Waals surface area (Å²) < 4.78 is 13.8. The average molecular weight is 271 g/mol. The van der Waals surface area contributed by atoms with Crippen LogP contribution in [0.5, 0.6) is 0 Å². The van der Waals surface area contributed by atoms with Crippen LogP contribution in [0.3, 0.4) is 0 Å². The van der Waals surface area contributed by atoms with Crippen molar-refractivity contribution in [2.75, 3.05) is 6.54 Å². The van der Waals surface area contributed by atoms with E-state index >= 15 is 0 Å². The molecule has 0 N–H and O–H groups in total. The molecule has 0 aliphatic carbocycles. The van der Waals surface area contributed by atoms with E-state index in [1.807, 2.05) is 6.92 Å². The highest BCUT2D eigenvalue weighted by molar-refractivity contribution is 6.29. The van der Waals surface area contributed by atoms with Gasteiger partial charge in [-0.05, 0) is 31.7 Å². The van der Waals surface area contributed by atoms with Crippen molar-refractivity contribution in [3.63, 3.8) is 0 Å². The molecule has 2 rings (SSSR count). The van der Waals surface area contributed by atoms with Gasteiger partial charge in [-0.25, -0.2) is 9.37 Å². The second kappa shape index (κ2) is 5.65. The lowest BCUT2D eigenvalue weighted by atomic mass is 9.99. The van der Waals surface area contributed by atoms with E-state index in [4.69, 9.17) is 11.6 Å². The number of nitrogens with zero attached hydrogens (tertiary/aromatic N) is 2. The van der Waals surface area contributed by atoms with Crippen molar-refractivity contribution in [2.24, 2.45) is 0 Å². The minimum absolute atomic E-state index is 0.0235. The summed E-state index contributed by atoms with van der Waals surface area (Å²) in [4.78, 5) is 17.7. The Hall–Kier alpha value is -1.16. The molecule has 2 heterocycles. The lowest BCUT2D eigenvalue weighted by Crippen LogP contribution is -2.43. The molecule has 0 bridgehead atoms.